The number of benzene rings is 2. The van der Waals surface area contributed by atoms with Crippen molar-refractivity contribution in [2.45, 2.75) is 20.0 Å². The molecule has 0 aliphatic heterocycles. The summed E-state index contributed by atoms with van der Waals surface area (Å²) in [7, 11) is 0. The van der Waals surface area contributed by atoms with Crippen molar-refractivity contribution in [2.75, 3.05) is 5.32 Å². The lowest BCUT2D eigenvalue weighted by molar-refractivity contribution is -0.386. The van der Waals surface area contributed by atoms with Crippen LogP contribution in [0.5, 0.6) is 5.75 Å². The fourth-order valence-corrected chi connectivity index (χ4v) is 2.47. The second-order valence-corrected chi connectivity index (χ2v) is 5.82. The van der Waals surface area contributed by atoms with Crippen LogP contribution in [-0.2, 0) is 4.79 Å². The van der Waals surface area contributed by atoms with E-state index < -0.39 is 16.9 Å². The largest absolute Gasteiger partial charge is 0.474 e. The number of aromatic amines is 2. The zero-order chi connectivity index (χ0) is 18.8. The molecule has 26 heavy (non-hydrogen) atoms. The van der Waals surface area contributed by atoms with E-state index in [1.54, 1.807) is 31.2 Å². The fourth-order valence-electron chi connectivity index (χ4n) is 2.47. The Morgan fingerprint density at radius 3 is 2.65 bits per heavy atom. The van der Waals surface area contributed by atoms with Gasteiger partial charge in [0.25, 0.3) is 5.91 Å². The average molecular weight is 356 g/mol. The minimum Gasteiger partial charge on any atom is -0.474 e. The Bertz CT molecular complexity index is 1050. The summed E-state index contributed by atoms with van der Waals surface area (Å²) in [6.45, 7) is 3.23. The molecule has 0 saturated heterocycles. The highest BCUT2D eigenvalue weighted by molar-refractivity contribution is 5.95. The topological polar surface area (TPSA) is 130 Å². The molecule has 3 aromatic rings. The standard InChI is InChI=1S/C17H16N4O5/c1-9-3-6-15(14(7-9)21(24)25)26-10(2)16(22)18-11-4-5-12-13(8-11)20-17(23)19-12/h3-8,10H,1-2H3,(H,18,22)(H2,19,20,23)/t10-/m1/s1. The summed E-state index contributed by atoms with van der Waals surface area (Å²) < 4.78 is 5.47. The molecule has 0 unspecified atom stereocenters. The molecule has 2 aromatic carbocycles. The number of ether oxygens (including phenoxy) is 1. The second kappa shape index (κ2) is 6.71. The number of imidazole rings is 1. The van der Waals surface area contributed by atoms with E-state index in [0.717, 1.165) is 5.56 Å². The molecule has 9 heteroatoms. The number of nitro groups is 1. The van der Waals surface area contributed by atoms with Gasteiger partial charge in [0.05, 0.1) is 16.0 Å². The zero-order valence-corrected chi connectivity index (χ0v) is 14.0. The van der Waals surface area contributed by atoms with Crippen molar-refractivity contribution in [3.8, 4) is 5.75 Å². The van der Waals surface area contributed by atoms with Crippen LogP contribution in [0.3, 0.4) is 0 Å². The number of anilines is 1. The Kier molecular flexibility index (Phi) is 4.44. The first-order valence-corrected chi connectivity index (χ1v) is 7.78. The quantitative estimate of drug-likeness (QED) is 0.477. The Morgan fingerprint density at radius 1 is 1.19 bits per heavy atom. The van der Waals surface area contributed by atoms with Gasteiger partial charge in [-0.15, -0.1) is 0 Å². The van der Waals surface area contributed by atoms with Crippen LogP contribution in [0.4, 0.5) is 11.4 Å². The Labute approximate surface area is 147 Å². The number of carbonyl (C=O) groups excluding carboxylic acids is 1. The van der Waals surface area contributed by atoms with Crippen LogP contribution in [0.25, 0.3) is 11.0 Å². The summed E-state index contributed by atoms with van der Waals surface area (Å²) in [4.78, 5) is 39.4. The van der Waals surface area contributed by atoms with Gasteiger partial charge >= 0.3 is 11.4 Å². The summed E-state index contributed by atoms with van der Waals surface area (Å²) in [5.74, 6) is -0.453. The van der Waals surface area contributed by atoms with Gasteiger partial charge in [0.15, 0.2) is 11.9 Å². The number of amides is 1. The van der Waals surface area contributed by atoms with Gasteiger partial charge in [-0.2, -0.15) is 0 Å². The maximum Gasteiger partial charge on any atom is 0.323 e. The van der Waals surface area contributed by atoms with E-state index in [1.165, 1.54) is 19.1 Å². The predicted octanol–water partition coefficient (Wildman–Crippen LogP) is 2.48. The van der Waals surface area contributed by atoms with Crippen LogP contribution in [0.2, 0.25) is 0 Å². The predicted molar refractivity (Wildman–Crippen MR) is 95.5 cm³/mol. The van der Waals surface area contributed by atoms with Crippen LogP contribution >= 0.6 is 0 Å². The van der Waals surface area contributed by atoms with Crippen molar-refractivity contribution in [3.63, 3.8) is 0 Å². The van der Waals surface area contributed by atoms with E-state index in [-0.39, 0.29) is 17.1 Å². The smallest absolute Gasteiger partial charge is 0.323 e. The monoisotopic (exact) mass is 356 g/mol. The molecular formula is C17H16N4O5. The number of nitro benzene ring substituents is 1. The molecule has 0 bridgehead atoms. The molecule has 0 aliphatic carbocycles. The first-order valence-electron chi connectivity index (χ1n) is 7.78. The average Bonchev–Trinajstić information content (AvgIpc) is 2.95. The van der Waals surface area contributed by atoms with Crippen molar-refractivity contribution >= 4 is 28.3 Å². The number of hydrogen-bond donors (Lipinski definition) is 3. The SMILES string of the molecule is Cc1ccc(O[C@H](C)C(=O)Nc2ccc3[nH]c(=O)[nH]c3c2)c([N+](=O)[O-])c1. The summed E-state index contributed by atoms with van der Waals surface area (Å²) >= 11 is 0. The van der Waals surface area contributed by atoms with Gasteiger partial charge in [0, 0.05) is 11.8 Å². The number of aryl methyl sites for hydroxylation is 1. The summed E-state index contributed by atoms with van der Waals surface area (Å²) in [5, 5.41) is 13.8. The van der Waals surface area contributed by atoms with Crippen LogP contribution < -0.4 is 15.7 Å². The Balaban J connectivity index is 1.75. The van der Waals surface area contributed by atoms with Crippen molar-refractivity contribution in [2.24, 2.45) is 0 Å². The van der Waals surface area contributed by atoms with Crippen molar-refractivity contribution in [1.29, 1.82) is 0 Å². The molecule has 0 spiro atoms. The number of hydrogen-bond acceptors (Lipinski definition) is 5. The van der Waals surface area contributed by atoms with Crippen molar-refractivity contribution < 1.29 is 14.5 Å². The molecule has 3 N–H and O–H groups in total. The zero-order valence-electron chi connectivity index (χ0n) is 14.0. The lowest BCUT2D eigenvalue weighted by Gasteiger charge is -2.15. The molecule has 1 amide bonds. The van der Waals surface area contributed by atoms with Gasteiger partial charge in [-0.05, 0) is 43.7 Å². The van der Waals surface area contributed by atoms with Gasteiger partial charge in [0.2, 0.25) is 0 Å². The van der Waals surface area contributed by atoms with Crippen LogP contribution in [0.15, 0.2) is 41.2 Å². The first-order chi connectivity index (χ1) is 12.3. The number of carbonyl (C=O) groups is 1. The van der Waals surface area contributed by atoms with E-state index in [4.69, 9.17) is 4.74 Å². The van der Waals surface area contributed by atoms with E-state index >= 15 is 0 Å². The van der Waals surface area contributed by atoms with Crippen LogP contribution in [0, 0.1) is 17.0 Å². The number of nitrogens with zero attached hydrogens (tertiary/aromatic N) is 1. The number of H-pyrrole nitrogens is 2. The molecule has 0 saturated carbocycles. The van der Waals surface area contributed by atoms with E-state index in [0.29, 0.717) is 16.7 Å². The molecule has 1 heterocycles. The molecule has 1 aromatic heterocycles. The normalized spacial score (nSPS) is 11.9. The van der Waals surface area contributed by atoms with Crippen LogP contribution in [-0.4, -0.2) is 26.9 Å². The first kappa shape index (κ1) is 17.2. The lowest BCUT2D eigenvalue weighted by atomic mass is 10.2. The summed E-state index contributed by atoms with van der Waals surface area (Å²) in [5.41, 5.74) is 1.81. The Hall–Kier alpha value is -3.62. The fraction of sp³-hybridized carbons (Fsp3) is 0.176. The summed E-state index contributed by atoms with van der Waals surface area (Å²) in [6.07, 6.45) is -0.961. The molecule has 0 fully saturated rings. The molecule has 0 radical (unpaired) electrons. The van der Waals surface area contributed by atoms with Gasteiger partial charge in [-0.3, -0.25) is 14.9 Å². The highest BCUT2D eigenvalue weighted by atomic mass is 16.6. The molecule has 9 nitrogen and oxygen atoms in total. The number of nitrogens with one attached hydrogen (secondary N) is 3. The third-order valence-electron chi connectivity index (χ3n) is 3.77. The van der Waals surface area contributed by atoms with Crippen LogP contribution in [0.1, 0.15) is 12.5 Å². The van der Waals surface area contributed by atoms with E-state index in [2.05, 4.69) is 15.3 Å². The number of fused-ring (bicyclic) bond motifs is 1. The molecule has 1 atom stereocenters. The maximum absolute atomic E-state index is 12.3. The van der Waals surface area contributed by atoms with Crippen molar-refractivity contribution in [1.82, 2.24) is 9.97 Å². The van der Waals surface area contributed by atoms with Crippen molar-refractivity contribution in [3.05, 3.63) is 62.6 Å². The van der Waals surface area contributed by atoms with E-state index in [1.807, 2.05) is 0 Å². The summed E-state index contributed by atoms with van der Waals surface area (Å²) in [6, 6.07) is 9.41. The third kappa shape index (κ3) is 3.56. The number of aromatic nitrogens is 2. The second-order valence-electron chi connectivity index (χ2n) is 5.82. The minimum atomic E-state index is -0.961. The van der Waals surface area contributed by atoms with Gasteiger partial charge < -0.3 is 20.0 Å². The highest BCUT2D eigenvalue weighted by Gasteiger charge is 2.21. The Morgan fingerprint density at radius 2 is 1.92 bits per heavy atom. The maximum atomic E-state index is 12.3. The lowest BCUT2D eigenvalue weighted by Crippen LogP contribution is -2.30. The van der Waals surface area contributed by atoms with Gasteiger partial charge in [-0.25, -0.2) is 4.79 Å². The van der Waals surface area contributed by atoms with Gasteiger partial charge in [0.1, 0.15) is 0 Å². The number of rotatable bonds is 5. The molecule has 3 rings (SSSR count). The minimum absolute atomic E-state index is 0.0219. The molecular weight excluding hydrogens is 340 g/mol. The van der Waals surface area contributed by atoms with E-state index in [9.17, 15) is 19.7 Å². The third-order valence-corrected chi connectivity index (χ3v) is 3.77. The molecule has 134 valence electrons. The highest BCUT2D eigenvalue weighted by Crippen LogP contribution is 2.28. The molecule has 0 aliphatic rings. The van der Waals surface area contributed by atoms with Gasteiger partial charge in [-0.1, -0.05) is 6.07 Å².